The van der Waals surface area contributed by atoms with Crippen molar-refractivity contribution in [2.45, 2.75) is 193 Å². The predicted molar refractivity (Wildman–Crippen MR) is 254 cm³/mol. The SMILES string of the molecule is CC/C=C\C/C=C\C/C=C\C/C=C\C/C=C\CCCCCCCC(=O)OC(COC(=O)CCCCCCC/C=C\CCCCCCCCC)COP(=O)([O-])OCC[N+](C)(C)C. The number of ether oxygens (including phenoxy) is 2. The van der Waals surface area contributed by atoms with Gasteiger partial charge < -0.3 is 27.9 Å². The topological polar surface area (TPSA) is 111 Å². The van der Waals surface area contributed by atoms with Crippen LogP contribution in [0, 0.1) is 0 Å². The Hall–Kier alpha value is -2.55. The number of phosphoric ester groups is 1. The molecule has 0 aliphatic heterocycles. The van der Waals surface area contributed by atoms with E-state index >= 15 is 0 Å². The van der Waals surface area contributed by atoms with Gasteiger partial charge in [-0.05, 0) is 83.5 Å². The van der Waals surface area contributed by atoms with Gasteiger partial charge in [-0.3, -0.25) is 14.2 Å². The molecule has 0 saturated heterocycles. The van der Waals surface area contributed by atoms with E-state index in [4.69, 9.17) is 18.5 Å². The van der Waals surface area contributed by atoms with Gasteiger partial charge in [0.05, 0.1) is 27.7 Å². The molecule has 0 amide bonds. The number of likely N-dealkylation sites (N-methyl/N-ethyl adjacent to an activating group) is 1. The van der Waals surface area contributed by atoms with Gasteiger partial charge in [0.15, 0.2) is 6.10 Å². The smallest absolute Gasteiger partial charge is 0.306 e. The molecule has 0 radical (unpaired) electrons. The maximum Gasteiger partial charge on any atom is 0.306 e. The van der Waals surface area contributed by atoms with E-state index in [0.717, 1.165) is 96.3 Å². The molecule has 352 valence electrons. The molecule has 0 fully saturated rings. The molecule has 0 heterocycles. The second-order valence-corrected chi connectivity index (χ2v) is 18.5. The number of nitrogens with zero attached hydrogens (tertiary/aromatic N) is 1. The third-order valence-corrected chi connectivity index (χ3v) is 10.9. The van der Waals surface area contributed by atoms with Crippen LogP contribution in [0.25, 0.3) is 0 Å². The summed E-state index contributed by atoms with van der Waals surface area (Å²) in [4.78, 5) is 37.6. The van der Waals surface area contributed by atoms with Gasteiger partial charge in [0.25, 0.3) is 7.82 Å². The van der Waals surface area contributed by atoms with E-state index in [1.165, 1.54) is 51.4 Å². The first-order chi connectivity index (χ1) is 29.5. The van der Waals surface area contributed by atoms with E-state index in [-0.39, 0.29) is 26.1 Å². The number of hydrogen-bond acceptors (Lipinski definition) is 8. The standard InChI is InChI=1S/C51H90NO8P/c1-6-8-10-12-14-16-18-20-22-24-25-26-27-28-30-32-34-36-38-40-42-44-51(54)60-49(48-59-61(55,56)58-46-45-52(3,4)5)47-57-50(53)43-41-39-37-35-33-31-29-23-21-19-17-15-13-11-9-7-2/h8,10,14,16,20,22-23,25-26,28-30,49H,6-7,9,11-13,15,17-19,21,24,27,31-48H2,1-5H3/b10-8-,16-14-,22-20-,26-25-,29-23-,30-28-. The maximum atomic E-state index is 12.7. The van der Waals surface area contributed by atoms with Crippen LogP contribution in [0.2, 0.25) is 0 Å². The first-order valence-electron chi connectivity index (χ1n) is 24.1. The molecular weight excluding hydrogens is 786 g/mol. The van der Waals surface area contributed by atoms with Gasteiger partial charge >= 0.3 is 11.9 Å². The Bertz CT molecular complexity index is 1270. The van der Waals surface area contributed by atoms with Crippen LogP contribution >= 0.6 is 7.82 Å². The molecule has 0 rings (SSSR count). The summed E-state index contributed by atoms with van der Waals surface area (Å²) in [6.07, 6.45) is 53.5. The summed E-state index contributed by atoms with van der Waals surface area (Å²) in [6, 6.07) is 0. The van der Waals surface area contributed by atoms with E-state index in [0.29, 0.717) is 23.9 Å². The molecule has 2 atom stereocenters. The van der Waals surface area contributed by atoms with Crippen molar-refractivity contribution in [3.8, 4) is 0 Å². The van der Waals surface area contributed by atoms with Gasteiger partial charge in [0, 0.05) is 12.8 Å². The number of hydrogen-bond donors (Lipinski definition) is 0. The fourth-order valence-corrected chi connectivity index (χ4v) is 6.93. The van der Waals surface area contributed by atoms with Crippen LogP contribution in [0.5, 0.6) is 0 Å². The lowest BCUT2D eigenvalue weighted by Gasteiger charge is -2.28. The molecule has 0 spiro atoms. The normalized spacial score (nSPS) is 14.1. The number of allylic oxidation sites excluding steroid dienone is 12. The van der Waals surface area contributed by atoms with Crippen LogP contribution < -0.4 is 4.89 Å². The van der Waals surface area contributed by atoms with E-state index < -0.39 is 32.5 Å². The quantitative estimate of drug-likeness (QED) is 0.0196. The summed E-state index contributed by atoms with van der Waals surface area (Å²) in [5, 5.41) is 0. The Balaban J connectivity index is 4.37. The summed E-state index contributed by atoms with van der Waals surface area (Å²) in [5.74, 6) is -0.869. The summed E-state index contributed by atoms with van der Waals surface area (Å²) < 4.78 is 34.0. The summed E-state index contributed by atoms with van der Waals surface area (Å²) in [6.45, 7) is 4.07. The lowest BCUT2D eigenvalue weighted by atomic mass is 10.1. The molecule has 2 unspecified atom stereocenters. The molecule has 0 aromatic rings. The number of carbonyl (C=O) groups is 2. The maximum absolute atomic E-state index is 12.7. The minimum atomic E-state index is -4.64. The summed E-state index contributed by atoms with van der Waals surface area (Å²) in [5.41, 5.74) is 0. The average Bonchev–Trinajstić information content (AvgIpc) is 3.21. The first kappa shape index (κ1) is 58.5. The number of esters is 2. The molecular formula is C51H90NO8P. The highest BCUT2D eigenvalue weighted by atomic mass is 31.2. The van der Waals surface area contributed by atoms with Crippen molar-refractivity contribution in [3.05, 3.63) is 72.9 Å². The zero-order valence-electron chi connectivity index (χ0n) is 39.6. The van der Waals surface area contributed by atoms with Crippen LogP contribution in [0.15, 0.2) is 72.9 Å². The first-order valence-corrected chi connectivity index (χ1v) is 25.6. The van der Waals surface area contributed by atoms with Crippen molar-refractivity contribution < 1.29 is 42.1 Å². The van der Waals surface area contributed by atoms with Crippen molar-refractivity contribution in [3.63, 3.8) is 0 Å². The Kier molecular flexibility index (Phi) is 40.9. The molecule has 0 saturated carbocycles. The van der Waals surface area contributed by atoms with Crippen LogP contribution in [0.3, 0.4) is 0 Å². The van der Waals surface area contributed by atoms with Crippen LogP contribution in [-0.2, 0) is 32.7 Å². The zero-order chi connectivity index (χ0) is 45.0. The molecule has 9 nitrogen and oxygen atoms in total. The van der Waals surface area contributed by atoms with Gasteiger partial charge in [-0.15, -0.1) is 0 Å². The number of quaternary nitrogens is 1. The van der Waals surface area contributed by atoms with E-state index in [2.05, 4.69) is 86.8 Å². The predicted octanol–water partition coefficient (Wildman–Crippen LogP) is 13.6. The average molecular weight is 876 g/mol. The number of carbonyl (C=O) groups excluding carboxylic acids is 2. The monoisotopic (exact) mass is 876 g/mol. The number of unbranched alkanes of at least 4 members (excludes halogenated alkanes) is 17. The van der Waals surface area contributed by atoms with Gasteiger partial charge in [0.2, 0.25) is 0 Å². The van der Waals surface area contributed by atoms with Gasteiger partial charge in [0.1, 0.15) is 19.8 Å². The summed E-state index contributed by atoms with van der Waals surface area (Å²) >= 11 is 0. The Morgan fingerprint density at radius 2 is 0.934 bits per heavy atom. The van der Waals surface area contributed by atoms with Crippen molar-refractivity contribution in [2.75, 3.05) is 47.5 Å². The van der Waals surface area contributed by atoms with Crippen molar-refractivity contribution in [1.29, 1.82) is 0 Å². The number of rotatable bonds is 43. The highest BCUT2D eigenvalue weighted by Gasteiger charge is 2.21. The highest BCUT2D eigenvalue weighted by Crippen LogP contribution is 2.38. The van der Waals surface area contributed by atoms with Crippen LogP contribution in [0.4, 0.5) is 0 Å². The second-order valence-electron chi connectivity index (χ2n) is 17.1. The molecule has 0 aromatic heterocycles. The van der Waals surface area contributed by atoms with E-state index in [1.54, 1.807) is 0 Å². The molecule has 0 aromatic carbocycles. The molecule has 0 N–H and O–H groups in total. The molecule has 0 bridgehead atoms. The largest absolute Gasteiger partial charge is 0.756 e. The van der Waals surface area contributed by atoms with Crippen molar-refractivity contribution >= 4 is 19.8 Å². The Morgan fingerprint density at radius 3 is 1.41 bits per heavy atom. The van der Waals surface area contributed by atoms with Crippen molar-refractivity contribution in [1.82, 2.24) is 0 Å². The lowest BCUT2D eigenvalue weighted by Crippen LogP contribution is -2.37. The van der Waals surface area contributed by atoms with Crippen LogP contribution in [-0.4, -0.2) is 70.0 Å². The third-order valence-electron chi connectivity index (χ3n) is 9.96. The Morgan fingerprint density at radius 1 is 0.525 bits per heavy atom. The molecule has 61 heavy (non-hydrogen) atoms. The lowest BCUT2D eigenvalue weighted by molar-refractivity contribution is -0.870. The van der Waals surface area contributed by atoms with E-state index in [1.807, 2.05) is 21.1 Å². The second kappa shape index (κ2) is 42.7. The highest BCUT2D eigenvalue weighted by molar-refractivity contribution is 7.45. The van der Waals surface area contributed by atoms with E-state index in [9.17, 15) is 19.0 Å². The minimum Gasteiger partial charge on any atom is -0.756 e. The molecule has 0 aliphatic rings. The fourth-order valence-electron chi connectivity index (χ4n) is 6.20. The third kappa shape index (κ3) is 46.8. The molecule has 0 aliphatic carbocycles. The Labute approximate surface area is 374 Å². The minimum absolute atomic E-state index is 0.0396. The van der Waals surface area contributed by atoms with Crippen LogP contribution in [0.1, 0.15) is 187 Å². The zero-order valence-corrected chi connectivity index (χ0v) is 40.5. The fraction of sp³-hybridized carbons (Fsp3) is 0.725. The summed E-state index contributed by atoms with van der Waals surface area (Å²) in [7, 11) is 1.14. The molecule has 10 heteroatoms. The number of phosphoric acid groups is 1. The van der Waals surface area contributed by atoms with Crippen molar-refractivity contribution in [2.24, 2.45) is 0 Å². The van der Waals surface area contributed by atoms with Gasteiger partial charge in [-0.25, -0.2) is 0 Å². The van der Waals surface area contributed by atoms with Gasteiger partial charge in [-0.2, -0.15) is 0 Å². The van der Waals surface area contributed by atoms with Gasteiger partial charge in [-0.1, -0.05) is 164 Å².